The Bertz CT molecular complexity index is 1260. The van der Waals surface area contributed by atoms with Crippen LogP contribution in [-0.2, 0) is 6.18 Å². The van der Waals surface area contributed by atoms with Crippen LogP contribution >= 0.6 is 0 Å². The molecule has 0 saturated heterocycles. The van der Waals surface area contributed by atoms with Gasteiger partial charge in [0.2, 0.25) is 6.79 Å². The number of hydrogen-bond donors (Lipinski definition) is 2. The van der Waals surface area contributed by atoms with E-state index in [1.165, 1.54) is 42.6 Å². The maximum Gasteiger partial charge on any atom is 0.416 e. The highest BCUT2D eigenvalue weighted by Crippen LogP contribution is 2.33. The minimum Gasteiger partial charge on any atom is -0.507 e. The molecule has 11 heteroatoms. The summed E-state index contributed by atoms with van der Waals surface area (Å²) in [6, 6.07) is 13.2. The van der Waals surface area contributed by atoms with Crippen LogP contribution in [0, 0.1) is 0 Å². The fourth-order valence-electron chi connectivity index (χ4n) is 2.83. The molecular weight excluding hydrogens is 441 g/mol. The first-order chi connectivity index (χ1) is 15.8. The second kappa shape index (κ2) is 8.99. The summed E-state index contributed by atoms with van der Waals surface area (Å²) in [4.78, 5) is 12.2. The molecule has 0 fully saturated rings. The molecule has 33 heavy (non-hydrogen) atoms. The number of fused-ring (bicyclic) bond motifs is 1. The monoisotopic (exact) mass is 456 g/mol. The molecule has 3 aromatic rings. The van der Waals surface area contributed by atoms with Crippen LogP contribution in [0.3, 0.4) is 0 Å². The summed E-state index contributed by atoms with van der Waals surface area (Å²) in [6.45, 7) is 0.0826. The van der Waals surface area contributed by atoms with Crippen LogP contribution in [0.1, 0.15) is 21.5 Å². The summed E-state index contributed by atoms with van der Waals surface area (Å²) in [6.07, 6.45) is -3.29. The Balaban J connectivity index is 1.44. The predicted molar refractivity (Wildman–Crippen MR) is 111 cm³/mol. The van der Waals surface area contributed by atoms with E-state index in [9.17, 15) is 23.1 Å². The maximum absolute atomic E-state index is 12.8. The lowest BCUT2D eigenvalue weighted by atomic mass is 10.2. The predicted octanol–water partition coefficient (Wildman–Crippen LogP) is 5.32. The van der Waals surface area contributed by atoms with Crippen molar-refractivity contribution >= 4 is 23.5 Å². The normalized spacial score (nSPS) is 13.1. The molecule has 1 heterocycles. The molecule has 0 unspecified atom stereocenters. The third-order valence-electron chi connectivity index (χ3n) is 4.47. The lowest BCUT2D eigenvalue weighted by Gasteiger charge is -2.06. The zero-order valence-electron chi connectivity index (χ0n) is 16.7. The first kappa shape index (κ1) is 21.8. The van der Waals surface area contributed by atoms with Crippen molar-refractivity contribution in [3.8, 4) is 17.2 Å². The largest absolute Gasteiger partial charge is 0.507 e. The molecule has 168 valence electrons. The van der Waals surface area contributed by atoms with Crippen molar-refractivity contribution in [3.63, 3.8) is 0 Å². The number of nitrogens with one attached hydrogen (secondary N) is 1. The van der Waals surface area contributed by atoms with E-state index >= 15 is 0 Å². The second-order valence-corrected chi connectivity index (χ2v) is 6.76. The number of aromatic hydroxyl groups is 1. The molecule has 0 atom stereocenters. The van der Waals surface area contributed by atoms with E-state index in [4.69, 9.17) is 9.47 Å². The van der Waals surface area contributed by atoms with Crippen LogP contribution in [0.15, 0.2) is 76.0 Å². The summed E-state index contributed by atoms with van der Waals surface area (Å²) >= 11 is 0. The molecule has 0 spiro atoms. The summed E-state index contributed by atoms with van der Waals surface area (Å²) in [5.74, 6) is 0.331. The van der Waals surface area contributed by atoms with Crippen molar-refractivity contribution in [2.24, 2.45) is 15.3 Å². The van der Waals surface area contributed by atoms with Crippen LogP contribution < -0.4 is 14.9 Å². The summed E-state index contributed by atoms with van der Waals surface area (Å²) in [5, 5.41) is 21.5. The Morgan fingerprint density at radius 1 is 0.970 bits per heavy atom. The van der Waals surface area contributed by atoms with Crippen molar-refractivity contribution < 1.29 is 32.5 Å². The number of hydrogen-bond acceptors (Lipinski definition) is 7. The molecule has 0 saturated carbocycles. The molecule has 0 aliphatic carbocycles. The van der Waals surface area contributed by atoms with E-state index in [0.717, 1.165) is 12.1 Å². The number of alkyl halides is 3. The Morgan fingerprint density at radius 2 is 1.73 bits per heavy atom. The van der Waals surface area contributed by atoms with Crippen LogP contribution in [-0.4, -0.2) is 24.0 Å². The van der Waals surface area contributed by atoms with Gasteiger partial charge in [-0.05, 0) is 54.6 Å². The van der Waals surface area contributed by atoms with Gasteiger partial charge in [0.25, 0.3) is 5.91 Å². The number of halogens is 3. The van der Waals surface area contributed by atoms with E-state index < -0.39 is 17.6 Å². The van der Waals surface area contributed by atoms with E-state index in [1.807, 2.05) is 0 Å². The lowest BCUT2D eigenvalue weighted by Crippen LogP contribution is -2.17. The number of phenols is 1. The second-order valence-electron chi connectivity index (χ2n) is 6.76. The highest BCUT2D eigenvalue weighted by Gasteiger charge is 2.30. The van der Waals surface area contributed by atoms with Gasteiger partial charge in [0.1, 0.15) is 5.75 Å². The van der Waals surface area contributed by atoms with Gasteiger partial charge in [0, 0.05) is 11.1 Å². The fourth-order valence-corrected chi connectivity index (χ4v) is 2.83. The third kappa shape index (κ3) is 5.26. The van der Waals surface area contributed by atoms with Gasteiger partial charge in [-0.25, -0.2) is 5.43 Å². The van der Waals surface area contributed by atoms with Gasteiger partial charge in [-0.15, -0.1) is 0 Å². The topological polar surface area (TPSA) is 105 Å². The summed E-state index contributed by atoms with van der Waals surface area (Å²) in [7, 11) is 0. The van der Waals surface area contributed by atoms with Crippen molar-refractivity contribution in [1.82, 2.24) is 5.43 Å². The van der Waals surface area contributed by atoms with Gasteiger partial charge in [0.15, 0.2) is 11.5 Å². The Hall–Kier alpha value is -4.41. The van der Waals surface area contributed by atoms with Crippen molar-refractivity contribution in [3.05, 3.63) is 77.4 Å². The number of benzene rings is 3. The number of carbonyl (C=O) groups excluding carboxylic acids is 1. The van der Waals surface area contributed by atoms with Gasteiger partial charge in [0.05, 0.1) is 23.2 Å². The average Bonchev–Trinajstić information content (AvgIpc) is 3.27. The van der Waals surface area contributed by atoms with Gasteiger partial charge >= 0.3 is 6.18 Å². The Labute approximate surface area is 185 Å². The molecular formula is C22H15F3N4O4. The molecule has 1 amide bonds. The Morgan fingerprint density at radius 3 is 2.52 bits per heavy atom. The SMILES string of the molecule is O=C(N/N=C\c1cc(N=Nc2cccc(C(F)(F)F)c2)ccc1O)c1ccc2c(c1)OCO2. The first-order valence-corrected chi connectivity index (χ1v) is 9.45. The van der Waals surface area contributed by atoms with Crippen LogP contribution in [0.5, 0.6) is 17.2 Å². The van der Waals surface area contributed by atoms with Gasteiger partial charge in [-0.1, -0.05) is 6.07 Å². The minimum absolute atomic E-state index is 0.0177. The third-order valence-corrected chi connectivity index (χ3v) is 4.47. The molecule has 0 bridgehead atoms. The van der Waals surface area contributed by atoms with Crippen molar-refractivity contribution in [1.29, 1.82) is 0 Å². The number of ether oxygens (including phenoxy) is 2. The van der Waals surface area contributed by atoms with Gasteiger partial charge in [-0.3, -0.25) is 4.79 Å². The summed E-state index contributed by atoms with van der Waals surface area (Å²) < 4.78 is 48.9. The maximum atomic E-state index is 12.8. The van der Waals surface area contributed by atoms with Crippen LogP contribution in [0.2, 0.25) is 0 Å². The van der Waals surface area contributed by atoms with E-state index in [1.54, 1.807) is 12.1 Å². The minimum atomic E-state index is -4.49. The standard InChI is InChI=1S/C22H15F3N4O4/c23-22(24,25)15-2-1-3-16(10-15)27-28-17-5-6-18(30)14(8-17)11-26-29-21(31)13-4-7-19-20(9-13)33-12-32-19/h1-11,30H,12H2,(H,29,31)/b26-11-,28-27?. The van der Waals surface area contributed by atoms with E-state index in [-0.39, 0.29) is 29.5 Å². The highest BCUT2D eigenvalue weighted by molar-refractivity contribution is 5.95. The zero-order valence-corrected chi connectivity index (χ0v) is 16.7. The number of azo groups is 1. The van der Waals surface area contributed by atoms with E-state index in [0.29, 0.717) is 17.1 Å². The molecule has 1 aliphatic rings. The molecule has 8 nitrogen and oxygen atoms in total. The van der Waals surface area contributed by atoms with Crippen LogP contribution in [0.25, 0.3) is 0 Å². The van der Waals surface area contributed by atoms with Gasteiger partial charge < -0.3 is 14.6 Å². The van der Waals surface area contributed by atoms with E-state index in [2.05, 4.69) is 20.8 Å². The number of rotatable bonds is 5. The number of amides is 1. The molecule has 2 N–H and O–H groups in total. The molecule has 0 aromatic heterocycles. The number of hydrazone groups is 1. The van der Waals surface area contributed by atoms with Gasteiger partial charge in [-0.2, -0.15) is 28.5 Å². The molecule has 1 aliphatic heterocycles. The first-order valence-electron chi connectivity index (χ1n) is 9.45. The van der Waals surface area contributed by atoms with Crippen LogP contribution in [0.4, 0.5) is 24.5 Å². The summed E-state index contributed by atoms with van der Waals surface area (Å²) in [5.41, 5.74) is 2.27. The quantitative estimate of drug-likeness (QED) is 0.308. The molecule has 0 radical (unpaired) electrons. The zero-order chi connectivity index (χ0) is 23.4. The average molecular weight is 456 g/mol. The number of phenolic OH excluding ortho intramolecular Hbond substituents is 1. The van der Waals surface area contributed by atoms with Crippen molar-refractivity contribution in [2.45, 2.75) is 6.18 Å². The molecule has 3 aromatic carbocycles. The smallest absolute Gasteiger partial charge is 0.416 e. The number of carbonyl (C=O) groups is 1. The van der Waals surface area contributed by atoms with Crippen molar-refractivity contribution in [2.75, 3.05) is 6.79 Å². The lowest BCUT2D eigenvalue weighted by molar-refractivity contribution is -0.137. The molecule has 4 rings (SSSR count). The number of nitrogens with zero attached hydrogens (tertiary/aromatic N) is 3. The fraction of sp³-hybridized carbons (Fsp3) is 0.0909. The highest BCUT2D eigenvalue weighted by atomic mass is 19.4. The Kier molecular flexibility index (Phi) is 5.94.